The zero-order chi connectivity index (χ0) is 15.5. The molecule has 116 valence electrons. The van der Waals surface area contributed by atoms with Crippen molar-refractivity contribution in [2.45, 2.75) is 45.4 Å². The van der Waals surface area contributed by atoms with Crippen LogP contribution >= 0.6 is 0 Å². The van der Waals surface area contributed by atoms with E-state index in [-0.39, 0.29) is 11.8 Å². The summed E-state index contributed by atoms with van der Waals surface area (Å²) in [6, 6.07) is 6.87. The van der Waals surface area contributed by atoms with Gasteiger partial charge in [-0.15, -0.1) is 0 Å². The van der Waals surface area contributed by atoms with E-state index in [0.29, 0.717) is 17.7 Å². The summed E-state index contributed by atoms with van der Waals surface area (Å²) in [5.41, 5.74) is 5.23. The molecule has 5 heteroatoms. The fourth-order valence-electron chi connectivity index (χ4n) is 1.98. The second-order valence-electron chi connectivity index (χ2n) is 4.87. The topological polar surface area (TPSA) is 67.4 Å². The summed E-state index contributed by atoms with van der Waals surface area (Å²) in [5.74, 6) is -0.0784. The standard InChI is InChI=1S/C16H24N2O3/c1-3-4-5-6-7-12-15(19)17-18-16(20)13-10-8-9-11-14(13)21-2/h8-11H,3-7,12H2,1-2H3,(H,17,19)(H,18,20). The summed E-state index contributed by atoms with van der Waals surface area (Å²) in [5, 5.41) is 0. The Kier molecular flexibility index (Phi) is 7.94. The fraction of sp³-hybridized carbons (Fsp3) is 0.500. The molecule has 2 amide bonds. The second kappa shape index (κ2) is 9.80. The van der Waals surface area contributed by atoms with Gasteiger partial charge in [0.05, 0.1) is 12.7 Å². The van der Waals surface area contributed by atoms with Gasteiger partial charge in [-0.05, 0) is 18.6 Å². The Bertz CT molecular complexity index is 461. The highest BCUT2D eigenvalue weighted by Gasteiger charge is 2.11. The smallest absolute Gasteiger partial charge is 0.273 e. The van der Waals surface area contributed by atoms with Crippen LogP contribution in [0.2, 0.25) is 0 Å². The number of amides is 2. The van der Waals surface area contributed by atoms with Gasteiger partial charge >= 0.3 is 0 Å². The quantitative estimate of drug-likeness (QED) is 0.572. The van der Waals surface area contributed by atoms with Gasteiger partial charge in [0, 0.05) is 6.42 Å². The van der Waals surface area contributed by atoms with Crippen LogP contribution in [0.1, 0.15) is 55.8 Å². The molecule has 0 atom stereocenters. The SMILES string of the molecule is CCCCCCCC(=O)NNC(=O)c1ccccc1OC. The summed E-state index contributed by atoms with van der Waals surface area (Å²) in [7, 11) is 1.50. The van der Waals surface area contributed by atoms with Crippen LogP contribution in [0.15, 0.2) is 24.3 Å². The van der Waals surface area contributed by atoms with E-state index in [0.717, 1.165) is 19.3 Å². The molecule has 21 heavy (non-hydrogen) atoms. The van der Waals surface area contributed by atoms with Crippen LogP contribution < -0.4 is 15.6 Å². The number of hydrazine groups is 1. The predicted octanol–water partition coefficient (Wildman–Crippen LogP) is 2.82. The molecule has 1 aromatic rings. The number of rotatable bonds is 8. The van der Waals surface area contributed by atoms with E-state index in [2.05, 4.69) is 17.8 Å². The van der Waals surface area contributed by atoms with Crippen LogP contribution in [0.25, 0.3) is 0 Å². The molecule has 0 saturated carbocycles. The van der Waals surface area contributed by atoms with Gasteiger partial charge in [-0.3, -0.25) is 20.4 Å². The van der Waals surface area contributed by atoms with E-state index in [4.69, 9.17) is 4.74 Å². The zero-order valence-corrected chi connectivity index (χ0v) is 12.8. The Balaban J connectivity index is 2.31. The molecule has 0 unspecified atom stereocenters. The number of carbonyl (C=O) groups excluding carboxylic acids is 2. The molecule has 0 aliphatic heterocycles. The average Bonchev–Trinajstić information content (AvgIpc) is 2.52. The first-order chi connectivity index (χ1) is 10.2. The normalized spacial score (nSPS) is 10.0. The highest BCUT2D eigenvalue weighted by Crippen LogP contribution is 2.16. The summed E-state index contributed by atoms with van der Waals surface area (Å²) < 4.78 is 5.10. The lowest BCUT2D eigenvalue weighted by atomic mass is 10.1. The Morgan fingerprint density at radius 3 is 2.48 bits per heavy atom. The first-order valence-electron chi connectivity index (χ1n) is 7.41. The lowest BCUT2D eigenvalue weighted by molar-refractivity contribution is -0.122. The van der Waals surface area contributed by atoms with Crippen LogP contribution in [0.3, 0.4) is 0 Å². The van der Waals surface area contributed by atoms with Gasteiger partial charge < -0.3 is 4.74 Å². The van der Waals surface area contributed by atoms with E-state index >= 15 is 0 Å². The number of unbranched alkanes of at least 4 members (excludes halogenated alkanes) is 4. The van der Waals surface area contributed by atoms with Crippen LogP contribution in [0.4, 0.5) is 0 Å². The number of methoxy groups -OCH3 is 1. The second-order valence-corrected chi connectivity index (χ2v) is 4.87. The predicted molar refractivity (Wildman–Crippen MR) is 82.0 cm³/mol. The van der Waals surface area contributed by atoms with Gasteiger partial charge in [0.25, 0.3) is 5.91 Å². The van der Waals surface area contributed by atoms with Gasteiger partial charge in [0.2, 0.25) is 5.91 Å². The van der Waals surface area contributed by atoms with Crippen molar-refractivity contribution in [1.82, 2.24) is 10.9 Å². The number of hydrogen-bond donors (Lipinski definition) is 2. The molecule has 0 aliphatic carbocycles. The van der Waals surface area contributed by atoms with Gasteiger partial charge in [0.15, 0.2) is 0 Å². The number of ether oxygens (including phenoxy) is 1. The van der Waals surface area contributed by atoms with Gasteiger partial charge in [0.1, 0.15) is 5.75 Å². The van der Waals surface area contributed by atoms with Crippen LogP contribution in [0, 0.1) is 0 Å². The van der Waals surface area contributed by atoms with Gasteiger partial charge in [-0.1, -0.05) is 44.7 Å². The average molecular weight is 292 g/mol. The molecule has 5 nitrogen and oxygen atoms in total. The van der Waals surface area contributed by atoms with E-state index in [1.165, 1.54) is 20.0 Å². The first kappa shape index (κ1) is 17.0. The third-order valence-corrected chi connectivity index (χ3v) is 3.17. The third-order valence-electron chi connectivity index (χ3n) is 3.17. The molecule has 0 heterocycles. The number of benzene rings is 1. The third kappa shape index (κ3) is 6.29. The summed E-state index contributed by atoms with van der Waals surface area (Å²) in [4.78, 5) is 23.5. The minimum absolute atomic E-state index is 0.172. The van der Waals surface area contributed by atoms with Crippen molar-refractivity contribution >= 4 is 11.8 Å². The number of para-hydroxylation sites is 1. The lowest BCUT2D eigenvalue weighted by Gasteiger charge is -2.10. The number of carbonyl (C=O) groups is 2. The van der Waals surface area contributed by atoms with Gasteiger partial charge in [-0.2, -0.15) is 0 Å². The van der Waals surface area contributed by atoms with Gasteiger partial charge in [-0.25, -0.2) is 0 Å². The molecule has 0 saturated heterocycles. The lowest BCUT2D eigenvalue weighted by Crippen LogP contribution is -2.41. The van der Waals surface area contributed by atoms with Crippen molar-refractivity contribution in [3.63, 3.8) is 0 Å². The maximum Gasteiger partial charge on any atom is 0.273 e. The zero-order valence-electron chi connectivity index (χ0n) is 12.8. The molecule has 1 rings (SSSR count). The van der Waals surface area contributed by atoms with Crippen molar-refractivity contribution in [3.05, 3.63) is 29.8 Å². The number of hydrogen-bond acceptors (Lipinski definition) is 3. The monoisotopic (exact) mass is 292 g/mol. The molecule has 0 aliphatic rings. The maximum absolute atomic E-state index is 11.9. The molecule has 1 aromatic carbocycles. The molecule has 0 fully saturated rings. The highest BCUT2D eigenvalue weighted by atomic mass is 16.5. The largest absolute Gasteiger partial charge is 0.496 e. The van der Waals surface area contributed by atoms with Crippen molar-refractivity contribution < 1.29 is 14.3 Å². The number of nitrogens with one attached hydrogen (secondary N) is 2. The Labute approximate surface area is 126 Å². The molecule has 0 spiro atoms. The van der Waals surface area contributed by atoms with E-state index in [9.17, 15) is 9.59 Å². The van der Waals surface area contributed by atoms with E-state index in [1.54, 1.807) is 24.3 Å². The van der Waals surface area contributed by atoms with Crippen molar-refractivity contribution in [2.24, 2.45) is 0 Å². The summed E-state index contributed by atoms with van der Waals surface area (Å²) >= 11 is 0. The highest BCUT2D eigenvalue weighted by molar-refractivity contribution is 5.97. The van der Waals surface area contributed by atoms with Crippen molar-refractivity contribution in [1.29, 1.82) is 0 Å². The van der Waals surface area contributed by atoms with Crippen molar-refractivity contribution in [3.8, 4) is 5.75 Å². The van der Waals surface area contributed by atoms with E-state index < -0.39 is 0 Å². The maximum atomic E-state index is 11.9. The van der Waals surface area contributed by atoms with Crippen LogP contribution in [-0.2, 0) is 4.79 Å². The molecule has 0 radical (unpaired) electrons. The summed E-state index contributed by atoms with van der Waals surface area (Å²) in [6.45, 7) is 2.15. The van der Waals surface area contributed by atoms with E-state index in [1.807, 2.05) is 0 Å². The van der Waals surface area contributed by atoms with Crippen LogP contribution in [0.5, 0.6) is 5.75 Å². The Morgan fingerprint density at radius 1 is 1.05 bits per heavy atom. The Hall–Kier alpha value is -2.04. The molecule has 0 aromatic heterocycles. The fourth-order valence-corrected chi connectivity index (χ4v) is 1.98. The minimum Gasteiger partial charge on any atom is -0.496 e. The first-order valence-corrected chi connectivity index (χ1v) is 7.41. The molecular weight excluding hydrogens is 268 g/mol. The molecular formula is C16H24N2O3. The molecule has 0 bridgehead atoms. The summed E-state index contributed by atoms with van der Waals surface area (Å²) in [6.07, 6.45) is 5.85. The van der Waals surface area contributed by atoms with Crippen molar-refractivity contribution in [2.75, 3.05) is 7.11 Å². The van der Waals surface area contributed by atoms with Crippen LogP contribution in [-0.4, -0.2) is 18.9 Å². The molecule has 2 N–H and O–H groups in total. The minimum atomic E-state index is -0.383. The Morgan fingerprint density at radius 2 is 1.76 bits per heavy atom.